The van der Waals surface area contributed by atoms with E-state index in [0.29, 0.717) is 5.56 Å². The van der Waals surface area contributed by atoms with Crippen molar-refractivity contribution in [3.05, 3.63) is 35.6 Å². The number of hydrogen-bond acceptors (Lipinski definition) is 2. The summed E-state index contributed by atoms with van der Waals surface area (Å²) in [6, 6.07) is 5.04. The monoisotopic (exact) mass is 225 g/mol. The average Bonchev–Trinajstić information content (AvgIpc) is 2.26. The van der Waals surface area contributed by atoms with Gasteiger partial charge in [0.05, 0.1) is 5.92 Å². The summed E-state index contributed by atoms with van der Waals surface area (Å²) in [4.78, 5) is 21.9. The van der Waals surface area contributed by atoms with Gasteiger partial charge >= 0.3 is 5.97 Å². The highest BCUT2D eigenvalue weighted by atomic mass is 19.1. The quantitative estimate of drug-likeness (QED) is 0.811. The molecule has 0 fully saturated rings. The van der Waals surface area contributed by atoms with E-state index in [1.54, 1.807) is 0 Å². The van der Waals surface area contributed by atoms with Crippen molar-refractivity contribution in [1.29, 1.82) is 0 Å². The molecule has 1 rings (SSSR count). The number of benzene rings is 1. The largest absolute Gasteiger partial charge is 0.481 e. The van der Waals surface area contributed by atoms with E-state index in [0.717, 1.165) is 0 Å². The van der Waals surface area contributed by atoms with Crippen LogP contribution in [-0.4, -0.2) is 23.5 Å². The van der Waals surface area contributed by atoms with Crippen LogP contribution in [0.25, 0.3) is 0 Å². The molecule has 0 spiro atoms. The van der Waals surface area contributed by atoms with Crippen LogP contribution in [0.15, 0.2) is 24.3 Å². The molecule has 1 unspecified atom stereocenters. The Hall–Kier alpha value is -1.91. The van der Waals surface area contributed by atoms with Crippen molar-refractivity contribution in [1.82, 2.24) is 5.32 Å². The van der Waals surface area contributed by atoms with Crippen LogP contribution >= 0.6 is 0 Å². The summed E-state index contributed by atoms with van der Waals surface area (Å²) < 4.78 is 12.6. The second-order valence-corrected chi connectivity index (χ2v) is 3.46. The van der Waals surface area contributed by atoms with Gasteiger partial charge in [0.2, 0.25) is 0 Å². The molecule has 0 aliphatic carbocycles. The first-order chi connectivity index (χ1) is 7.50. The minimum Gasteiger partial charge on any atom is -0.481 e. The summed E-state index contributed by atoms with van der Waals surface area (Å²) in [6.07, 6.45) is 0. The third-order valence-corrected chi connectivity index (χ3v) is 2.10. The first-order valence-corrected chi connectivity index (χ1v) is 4.77. The molecule has 0 aromatic heterocycles. The van der Waals surface area contributed by atoms with E-state index in [9.17, 15) is 14.0 Å². The number of nitrogens with one attached hydrogen (secondary N) is 1. The molecule has 0 saturated heterocycles. The highest BCUT2D eigenvalue weighted by Crippen LogP contribution is 2.02. The van der Waals surface area contributed by atoms with Gasteiger partial charge in [0.25, 0.3) is 5.91 Å². The van der Waals surface area contributed by atoms with Crippen LogP contribution in [0.3, 0.4) is 0 Å². The molecule has 0 bridgehead atoms. The van der Waals surface area contributed by atoms with Gasteiger partial charge in [-0.15, -0.1) is 0 Å². The van der Waals surface area contributed by atoms with Crippen molar-refractivity contribution < 1.29 is 19.1 Å². The number of carboxylic acids is 1. The highest BCUT2D eigenvalue weighted by Gasteiger charge is 2.12. The Labute approximate surface area is 92.1 Å². The van der Waals surface area contributed by atoms with Crippen LogP contribution in [0.5, 0.6) is 0 Å². The zero-order chi connectivity index (χ0) is 12.1. The van der Waals surface area contributed by atoms with E-state index >= 15 is 0 Å². The summed E-state index contributed by atoms with van der Waals surface area (Å²) >= 11 is 0. The molecule has 5 heteroatoms. The van der Waals surface area contributed by atoms with Crippen molar-refractivity contribution in [3.63, 3.8) is 0 Å². The molecule has 0 aliphatic rings. The van der Waals surface area contributed by atoms with Crippen molar-refractivity contribution in [2.24, 2.45) is 5.92 Å². The Bertz CT molecular complexity index is 389. The third-order valence-electron chi connectivity index (χ3n) is 2.10. The molecule has 86 valence electrons. The molecule has 0 aliphatic heterocycles. The van der Waals surface area contributed by atoms with E-state index in [4.69, 9.17) is 5.11 Å². The van der Waals surface area contributed by atoms with Gasteiger partial charge < -0.3 is 10.4 Å². The summed E-state index contributed by atoms with van der Waals surface area (Å²) in [7, 11) is 0. The number of carbonyl (C=O) groups is 2. The van der Waals surface area contributed by atoms with Crippen molar-refractivity contribution in [3.8, 4) is 0 Å². The number of carboxylic acid groups (broad SMARTS) is 1. The molecule has 1 amide bonds. The SMILES string of the molecule is CC(CNC(=O)c1ccc(F)cc1)C(=O)O. The number of halogens is 1. The predicted molar refractivity (Wildman–Crippen MR) is 55.5 cm³/mol. The summed E-state index contributed by atoms with van der Waals surface area (Å²) in [5, 5.41) is 11.1. The molecule has 1 aromatic carbocycles. The van der Waals surface area contributed by atoms with E-state index < -0.39 is 23.6 Å². The zero-order valence-electron chi connectivity index (χ0n) is 8.74. The van der Waals surface area contributed by atoms with Crippen molar-refractivity contribution >= 4 is 11.9 Å². The summed E-state index contributed by atoms with van der Waals surface area (Å²) in [5.74, 6) is -2.45. The second kappa shape index (κ2) is 5.25. The van der Waals surface area contributed by atoms with Gasteiger partial charge in [0, 0.05) is 12.1 Å². The Kier molecular flexibility index (Phi) is 3.99. The van der Waals surface area contributed by atoms with Crippen LogP contribution in [0.1, 0.15) is 17.3 Å². The Morgan fingerprint density at radius 3 is 2.44 bits per heavy atom. The van der Waals surface area contributed by atoms with E-state index in [1.165, 1.54) is 31.2 Å². The van der Waals surface area contributed by atoms with Crippen LogP contribution in [0.2, 0.25) is 0 Å². The molecular formula is C11H12FNO3. The molecule has 0 heterocycles. The topological polar surface area (TPSA) is 66.4 Å². The maximum absolute atomic E-state index is 12.6. The van der Waals surface area contributed by atoms with Crippen LogP contribution in [0, 0.1) is 11.7 Å². The van der Waals surface area contributed by atoms with Crippen molar-refractivity contribution in [2.75, 3.05) is 6.54 Å². The van der Waals surface area contributed by atoms with Gasteiger partial charge in [-0.1, -0.05) is 6.92 Å². The molecule has 2 N–H and O–H groups in total. The lowest BCUT2D eigenvalue weighted by atomic mass is 10.1. The van der Waals surface area contributed by atoms with E-state index in [1.807, 2.05) is 0 Å². The van der Waals surface area contributed by atoms with Gasteiger partial charge in [0.15, 0.2) is 0 Å². The summed E-state index contributed by atoms with van der Waals surface area (Å²) in [5.41, 5.74) is 0.305. The fourth-order valence-electron chi connectivity index (χ4n) is 1.04. The summed E-state index contributed by atoms with van der Waals surface area (Å²) in [6.45, 7) is 1.54. The second-order valence-electron chi connectivity index (χ2n) is 3.46. The highest BCUT2D eigenvalue weighted by molar-refractivity contribution is 5.94. The van der Waals surface area contributed by atoms with Crippen LogP contribution < -0.4 is 5.32 Å². The van der Waals surface area contributed by atoms with Crippen LogP contribution in [-0.2, 0) is 4.79 Å². The first-order valence-electron chi connectivity index (χ1n) is 4.77. The van der Waals surface area contributed by atoms with Crippen molar-refractivity contribution in [2.45, 2.75) is 6.92 Å². The van der Waals surface area contributed by atoms with E-state index in [2.05, 4.69) is 5.32 Å². The Morgan fingerprint density at radius 1 is 1.38 bits per heavy atom. The molecule has 16 heavy (non-hydrogen) atoms. The number of hydrogen-bond donors (Lipinski definition) is 2. The minimum absolute atomic E-state index is 0.0472. The first kappa shape index (κ1) is 12.2. The Morgan fingerprint density at radius 2 is 1.94 bits per heavy atom. The lowest BCUT2D eigenvalue weighted by Crippen LogP contribution is -2.31. The van der Waals surface area contributed by atoms with Gasteiger partial charge in [-0.3, -0.25) is 9.59 Å². The standard InChI is InChI=1S/C11H12FNO3/c1-7(11(15)16)6-13-10(14)8-2-4-9(12)5-3-8/h2-5,7H,6H2,1H3,(H,13,14)(H,15,16). The zero-order valence-corrected chi connectivity index (χ0v) is 8.74. The average molecular weight is 225 g/mol. The Balaban J connectivity index is 2.53. The lowest BCUT2D eigenvalue weighted by Gasteiger charge is -2.08. The van der Waals surface area contributed by atoms with E-state index in [-0.39, 0.29) is 6.54 Å². The van der Waals surface area contributed by atoms with Crippen LogP contribution in [0.4, 0.5) is 4.39 Å². The fourth-order valence-corrected chi connectivity index (χ4v) is 1.04. The smallest absolute Gasteiger partial charge is 0.308 e. The minimum atomic E-state index is -0.973. The molecule has 1 atom stereocenters. The molecule has 0 saturated carbocycles. The molecule has 0 radical (unpaired) electrons. The number of rotatable bonds is 4. The van der Waals surface area contributed by atoms with Gasteiger partial charge in [-0.25, -0.2) is 4.39 Å². The normalized spacial score (nSPS) is 11.9. The molecule has 4 nitrogen and oxygen atoms in total. The van der Waals surface area contributed by atoms with Gasteiger partial charge in [-0.05, 0) is 24.3 Å². The fraction of sp³-hybridized carbons (Fsp3) is 0.273. The molecular weight excluding hydrogens is 213 g/mol. The lowest BCUT2D eigenvalue weighted by molar-refractivity contribution is -0.140. The number of amides is 1. The third kappa shape index (κ3) is 3.34. The number of carbonyl (C=O) groups excluding carboxylic acids is 1. The number of aliphatic carboxylic acids is 1. The predicted octanol–water partition coefficient (Wildman–Crippen LogP) is 1.28. The molecule has 1 aromatic rings. The van der Waals surface area contributed by atoms with Gasteiger partial charge in [-0.2, -0.15) is 0 Å². The maximum Gasteiger partial charge on any atom is 0.308 e. The maximum atomic E-state index is 12.6. The van der Waals surface area contributed by atoms with Gasteiger partial charge in [0.1, 0.15) is 5.82 Å².